The van der Waals surface area contributed by atoms with Gasteiger partial charge in [-0.2, -0.15) is 0 Å². The number of aromatic amines is 1. The molecule has 4 aromatic rings. The van der Waals surface area contributed by atoms with Crippen LogP contribution in [0, 0.1) is 0 Å². The Kier molecular flexibility index (Phi) is 5.93. The van der Waals surface area contributed by atoms with Crippen molar-refractivity contribution in [3.05, 3.63) is 76.0 Å². The Hall–Kier alpha value is -3.49. The van der Waals surface area contributed by atoms with Crippen LogP contribution in [0.15, 0.2) is 57.7 Å². The smallest absolute Gasteiger partial charge is 0.290 e. The molecule has 1 N–H and O–H groups in total. The lowest BCUT2D eigenvalue weighted by atomic mass is 10.1. The van der Waals surface area contributed by atoms with Crippen molar-refractivity contribution in [2.45, 2.75) is 32.1 Å². The molecule has 33 heavy (non-hydrogen) atoms. The van der Waals surface area contributed by atoms with E-state index in [2.05, 4.69) is 9.97 Å². The lowest BCUT2D eigenvalue weighted by molar-refractivity contribution is 0.0475. The number of H-pyrrole nitrogens is 1. The molecule has 0 radical (unpaired) electrons. The largest absolute Gasteiger partial charge is 0.451 e. The van der Waals surface area contributed by atoms with Crippen LogP contribution in [-0.4, -0.2) is 47.1 Å². The van der Waals surface area contributed by atoms with Gasteiger partial charge in [0.15, 0.2) is 5.76 Å². The number of benzene rings is 2. The number of ether oxygens (including phenoxy) is 2. The minimum absolute atomic E-state index is 0.0728. The maximum absolute atomic E-state index is 13.8. The van der Waals surface area contributed by atoms with Crippen molar-refractivity contribution in [3.8, 4) is 0 Å². The molecule has 0 aliphatic carbocycles. The zero-order valence-corrected chi connectivity index (χ0v) is 18.4. The van der Waals surface area contributed by atoms with Gasteiger partial charge in [0.25, 0.3) is 11.5 Å². The van der Waals surface area contributed by atoms with E-state index in [-0.39, 0.29) is 36.5 Å². The van der Waals surface area contributed by atoms with Crippen molar-refractivity contribution >= 4 is 27.8 Å². The maximum Gasteiger partial charge on any atom is 0.290 e. The Morgan fingerprint density at radius 2 is 1.97 bits per heavy atom. The van der Waals surface area contributed by atoms with Gasteiger partial charge < -0.3 is 23.8 Å². The van der Waals surface area contributed by atoms with Crippen molar-refractivity contribution in [2.24, 2.45) is 0 Å². The number of rotatable bonds is 7. The Morgan fingerprint density at radius 1 is 1.18 bits per heavy atom. The summed E-state index contributed by atoms with van der Waals surface area (Å²) in [4.78, 5) is 35.4. The highest BCUT2D eigenvalue weighted by atomic mass is 16.5. The quantitative estimate of drug-likeness (QED) is 0.465. The molecule has 1 aliphatic heterocycles. The van der Waals surface area contributed by atoms with Gasteiger partial charge in [-0.3, -0.25) is 9.59 Å². The zero-order chi connectivity index (χ0) is 22.8. The van der Waals surface area contributed by atoms with Crippen molar-refractivity contribution in [1.29, 1.82) is 0 Å². The molecule has 2 aromatic heterocycles. The Balaban J connectivity index is 1.53. The van der Waals surface area contributed by atoms with Crippen molar-refractivity contribution in [3.63, 3.8) is 0 Å². The third-order valence-electron chi connectivity index (χ3n) is 5.92. The van der Waals surface area contributed by atoms with Gasteiger partial charge >= 0.3 is 0 Å². The predicted octanol–water partition coefficient (Wildman–Crippen LogP) is 3.64. The molecule has 1 atom stereocenters. The van der Waals surface area contributed by atoms with Crippen LogP contribution in [0.4, 0.5) is 0 Å². The molecule has 8 nitrogen and oxygen atoms in total. The molecule has 3 heterocycles. The van der Waals surface area contributed by atoms with Gasteiger partial charge in [0.1, 0.15) is 11.4 Å². The fourth-order valence-corrected chi connectivity index (χ4v) is 4.35. The predicted molar refractivity (Wildman–Crippen MR) is 123 cm³/mol. The fraction of sp³-hybridized carbons (Fsp3) is 0.320. The summed E-state index contributed by atoms with van der Waals surface area (Å²) in [5.41, 5.74) is 1.69. The second-order valence-electron chi connectivity index (χ2n) is 8.19. The third-order valence-corrected chi connectivity index (χ3v) is 5.92. The summed E-state index contributed by atoms with van der Waals surface area (Å²) in [7, 11) is 1.59. The van der Waals surface area contributed by atoms with Crippen molar-refractivity contribution in [2.75, 3.05) is 20.3 Å². The molecular weight excluding hydrogens is 422 g/mol. The minimum Gasteiger partial charge on any atom is -0.451 e. The topological polar surface area (TPSA) is 97.7 Å². The van der Waals surface area contributed by atoms with Crippen molar-refractivity contribution < 1.29 is 18.7 Å². The number of methoxy groups -OCH3 is 1. The molecule has 8 heteroatoms. The molecule has 0 saturated carbocycles. The average molecular weight is 447 g/mol. The first-order chi connectivity index (χ1) is 16.1. The Morgan fingerprint density at radius 3 is 2.76 bits per heavy atom. The van der Waals surface area contributed by atoms with Gasteiger partial charge in [-0.05, 0) is 31.0 Å². The number of furan rings is 1. The summed E-state index contributed by atoms with van der Waals surface area (Å²) in [5, 5.41) is 1.36. The van der Waals surface area contributed by atoms with Gasteiger partial charge in [0.2, 0.25) is 0 Å². The third kappa shape index (κ3) is 4.27. The number of nitrogens with zero attached hydrogens (tertiary/aromatic N) is 2. The van der Waals surface area contributed by atoms with E-state index in [0.717, 1.165) is 18.2 Å². The number of carbonyl (C=O) groups excluding carboxylic acids is 1. The summed E-state index contributed by atoms with van der Waals surface area (Å²) < 4.78 is 17.1. The molecule has 5 rings (SSSR count). The molecule has 1 amide bonds. The van der Waals surface area contributed by atoms with Crippen LogP contribution in [0.3, 0.4) is 0 Å². The van der Waals surface area contributed by atoms with Crippen LogP contribution < -0.4 is 5.56 Å². The first-order valence-corrected chi connectivity index (χ1v) is 11.0. The number of amides is 1. The van der Waals surface area contributed by atoms with Gasteiger partial charge in [0.05, 0.1) is 30.2 Å². The highest BCUT2D eigenvalue weighted by Gasteiger charge is 2.29. The SMILES string of the molecule is COCc1c(C(=O)N(Cc2nc3ccccc3c(=O)[nH]2)C[C@H]2CCCO2)oc2ccccc12. The molecule has 0 bridgehead atoms. The van der Waals surface area contributed by atoms with Gasteiger partial charge in [-0.25, -0.2) is 4.98 Å². The summed E-state index contributed by atoms with van der Waals surface area (Å²) >= 11 is 0. The molecular formula is C25H25N3O5. The first kappa shape index (κ1) is 21.4. The van der Waals surface area contributed by atoms with Crippen LogP contribution >= 0.6 is 0 Å². The van der Waals surface area contributed by atoms with E-state index in [4.69, 9.17) is 13.9 Å². The van der Waals surface area contributed by atoms with Gasteiger partial charge in [-0.15, -0.1) is 0 Å². The number of para-hydroxylation sites is 2. The van der Waals surface area contributed by atoms with E-state index in [1.807, 2.05) is 30.3 Å². The summed E-state index contributed by atoms with van der Waals surface area (Å²) in [6, 6.07) is 14.7. The van der Waals surface area contributed by atoms with Crippen molar-refractivity contribution in [1.82, 2.24) is 14.9 Å². The first-order valence-electron chi connectivity index (χ1n) is 11.0. The van der Waals surface area contributed by atoms with Gasteiger partial charge in [-0.1, -0.05) is 30.3 Å². The lowest BCUT2D eigenvalue weighted by Gasteiger charge is -2.24. The minimum atomic E-state index is -0.287. The fourth-order valence-electron chi connectivity index (χ4n) is 4.35. The molecule has 1 saturated heterocycles. The number of aromatic nitrogens is 2. The maximum atomic E-state index is 13.8. The van der Waals surface area contributed by atoms with Crippen LogP contribution in [0.2, 0.25) is 0 Å². The van der Waals surface area contributed by atoms with E-state index in [1.165, 1.54) is 0 Å². The van der Waals surface area contributed by atoms with E-state index in [9.17, 15) is 9.59 Å². The number of carbonyl (C=O) groups is 1. The molecule has 2 aromatic carbocycles. The van der Waals surface area contributed by atoms with Crippen LogP contribution in [0.25, 0.3) is 21.9 Å². The van der Waals surface area contributed by atoms with Gasteiger partial charge in [0, 0.05) is 31.2 Å². The normalized spacial score (nSPS) is 16.0. The number of fused-ring (bicyclic) bond motifs is 2. The molecule has 170 valence electrons. The Labute approximate surface area is 190 Å². The second kappa shape index (κ2) is 9.17. The molecule has 1 fully saturated rings. The number of nitrogens with one attached hydrogen (secondary N) is 1. The van der Waals surface area contributed by atoms with E-state index in [1.54, 1.807) is 30.2 Å². The summed E-state index contributed by atoms with van der Waals surface area (Å²) in [6.45, 7) is 1.43. The highest BCUT2D eigenvalue weighted by molar-refractivity contribution is 5.99. The van der Waals surface area contributed by atoms with Crippen LogP contribution in [0.1, 0.15) is 34.8 Å². The standard InChI is InChI=1S/C25H25N3O5/c1-31-15-19-17-8-3-5-11-21(17)33-23(19)25(30)28(13-16-7-6-12-32-16)14-22-26-20-10-4-2-9-18(20)24(29)27-22/h2-5,8-11,16H,6-7,12-15H2,1H3,(H,26,27,29)/t16-/m1/s1. The second-order valence-corrected chi connectivity index (χ2v) is 8.19. The van der Waals surface area contributed by atoms with E-state index in [0.29, 0.717) is 41.0 Å². The molecule has 1 aliphatic rings. The molecule has 0 unspecified atom stereocenters. The lowest BCUT2D eigenvalue weighted by Crippen LogP contribution is -2.38. The number of hydrogen-bond acceptors (Lipinski definition) is 6. The van der Waals surface area contributed by atoms with Crippen LogP contribution in [0.5, 0.6) is 0 Å². The van der Waals surface area contributed by atoms with E-state index < -0.39 is 0 Å². The monoisotopic (exact) mass is 447 g/mol. The highest BCUT2D eigenvalue weighted by Crippen LogP contribution is 2.28. The summed E-state index contributed by atoms with van der Waals surface area (Å²) in [5.74, 6) is 0.359. The van der Waals surface area contributed by atoms with E-state index >= 15 is 0 Å². The summed E-state index contributed by atoms with van der Waals surface area (Å²) in [6.07, 6.45) is 1.75. The zero-order valence-electron chi connectivity index (χ0n) is 18.4. The average Bonchev–Trinajstić information content (AvgIpc) is 3.47. The molecule has 0 spiro atoms. The van der Waals surface area contributed by atoms with Crippen LogP contribution in [-0.2, 0) is 22.6 Å². The Bertz CT molecular complexity index is 1350. The number of hydrogen-bond donors (Lipinski definition) is 1.